The largest absolute Gasteiger partial charge is 0.387 e. The molecule has 1 aliphatic rings. The lowest BCUT2D eigenvalue weighted by atomic mass is 10.0. The molecule has 0 unspecified atom stereocenters. The van der Waals surface area contributed by atoms with E-state index in [2.05, 4.69) is 17.0 Å². The standard InChI is InChI=1S/C17H26N2O3/c1-16(2,21)15(20)18(3)12-17(22)9-10-19(13-17)11-14-7-5-4-6-8-14/h4-8,21-22H,9-13H2,1-3H3/t17-/m0/s1. The Kier molecular flexibility index (Phi) is 4.90. The van der Waals surface area contributed by atoms with E-state index in [-0.39, 0.29) is 12.5 Å². The number of hydrogen-bond donors (Lipinski definition) is 2. The van der Waals surface area contributed by atoms with Crippen LogP contribution in [0.25, 0.3) is 0 Å². The van der Waals surface area contributed by atoms with E-state index in [1.54, 1.807) is 7.05 Å². The van der Waals surface area contributed by atoms with E-state index in [1.165, 1.54) is 24.3 Å². The molecule has 0 bridgehead atoms. The van der Waals surface area contributed by atoms with Crippen molar-refractivity contribution < 1.29 is 15.0 Å². The van der Waals surface area contributed by atoms with Gasteiger partial charge in [-0.15, -0.1) is 0 Å². The predicted molar refractivity (Wildman–Crippen MR) is 85.2 cm³/mol. The van der Waals surface area contributed by atoms with E-state index in [0.717, 1.165) is 13.1 Å². The molecule has 122 valence electrons. The molecule has 1 saturated heterocycles. The highest BCUT2D eigenvalue weighted by Gasteiger charge is 2.39. The van der Waals surface area contributed by atoms with E-state index in [9.17, 15) is 15.0 Å². The molecule has 5 heteroatoms. The quantitative estimate of drug-likeness (QED) is 0.847. The molecule has 1 amide bonds. The Morgan fingerprint density at radius 2 is 2.00 bits per heavy atom. The summed E-state index contributed by atoms with van der Waals surface area (Å²) in [5, 5.41) is 20.5. The van der Waals surface area contributed by atoms with Crippen LogP contribution in [0.1, 0.15) is 25.8 Å². The molecule has 22 heavy (non-hydrogen) atoms. The topological polar surface area (TPSA) is 64.0 Å². The Morgan fingerprint density at radius 3 is 2.59 bits per heavy atom. The van der Waals surface area contributed by atoms with Crippen molar-refractivity contribution in [2.45, 2.75) is 38.0 Å². The summed E-state index contributed by atoms with van der Waals surface area (Å²) in [4.78, 5) is 15.6. The van der Waals surface area contributed by atoms with Crippen LogP contribution < -0.4 is 0 Å². The first kappa shape index (κ1) is 16.9. The van der Waals surface area contributed by atoms with Crippen molar-refractivity contribution in [2.75, 3.05) is 26.7 Å². The van der Waals surface area contributed by atoms with Gasteiger partial charge in [-0.05, 0) is 25.8 Å². The molecular formula is C17H26N2O3. The predicted octanol–water partition coefficient (Wildman–Crippen LogP) is 0.853. The molecule has 5 nitrogen and oxygen atoms in total. The summed E-state index contributed by atoms with van der Waals surface area (Å²) >= 11 is 0. The minimum Gasteiger partial charge on any atom is -0.387 e. The summed E-state index contributed by atoms with van der Waals surface area (Å²) in [5.74, 6) is -0.373. The number of amides is 1. The highest BCUT2D eigenvalue weighted by atomic mass is 16.3. The minimum absolute atomic E-state index is 0.237. The van der Waals surface area contributed by atoms with Crippen molar-refractivity contribution in [3.8, 4) is 0 Å². The second kappa shape index (κ2) is 6.36. The van der Waals surface area contributed by atoms with Crippen molar-refractivity contribution >= 4 is 5.91 Å². The number of β-amino-alcohol motifs (C(OH)–C–C–N with tert-alkyl or cyclic N) is 1. The van der Waals surface area contributed by atoms with E-state index >= 15 is 0 Å². The van der Waals surface area contributed by atoms with Gasteiger partial charge in [-0.3, -0.25) is 9.69 Å². The lowest BCUT2D eigenvalue weighted by Gasteiger charge is -2.32. The number of hydrogen-bond acceptors (Lipinski definition) is 4. The van der Waals surface area contributed by atoms with Gasteiger partial charge in [0.15, 0.2) is 0 Å². The molecule has 0 spiro atoms. The zero-order chi connectivity index (χ0) is 16.4. The summed E-state index contributed by atoms with van der Waals surface area (Å²) in [6.07, 6.45) is 0.628. The number of benzene rings is 1. The van der Waals surface area contributed by atoms with Gasteiger partial charge in [-0.25, -0.2) is 0 Å². The van der Waals surface area contributed by atoms with Crippen LogP contribution in [0.5, 0.6) is 0 Å². The van der Waals surface area contributed by atoms with Gasteiger partial charge < -0.3 is 15.1 Å². The highest BCUT2D eigenvalue weighted by Crippen LogP contribution is 2.24. The molecule has 1 aliphatic heterocycles. The minimum atomic E-state index is -1.41. The van der Waals surface area contributed by atoms with Gasteiger partial charge in [0.25, 0.3) is 5.91 Å². The van der Waals surface area contributed by atoms with Crippen LogP contribution in [-0.4, -0.2) is 63.8 Å². The van der Waals surface area contributed by atoms with Crippen LogP contribution in [0.3, 0.4) is 0 Å². The third-order valence-electron chi connectivity index (χ3n) is 4.06. The molecule has 1 aromatic rings. The molecule has 1 heterocycles. The van der Waals surface area contributed by atoms with E-state index in [4.69, 9.17) is 0 Å². The van der Waals surface area contributed by atoms with E-state index in [0.29, 0.717) is 13.0 Å². The maximum Gasteiger partial charge on any atom is 0.253 e. The number of aliphatic hydroxyl groups is 2. The maximum atomic E-state index is 12.0. The van der Waals surface area contributed by atoms with Gasteiger partial charge in [0.1, 0.15) is 5.60 Å². The average molecular weight is 306 g/mol. The monoisotopic (exact) mass is 306 g/mol. The van der Waals surface area contributed by atoms with Crippen molar-refractivity contribution in [2.24, 2.45) is 0 Å². The Morgan fingerprint density at radius 1 is 1.36 bits per heavy atom. The van der Waals surface area contributed by atoms with Crippen molar-refractivity contribution in [3.05, 3.63) is 35.9 Å². The Hall–Kier alpha value is -1.43. The molecular weight excluding hydrogens is 280 g/mol. The first-order valence-corrected chi connectivity index (χ1v) is 7.66. The number of carbonyl (C=O) groups excluding carboxylic acids is 1. The van der Waals surface area contributed by atoms with Crippen LogP contribution in [0, 0.1) is 0 Å². The molecule has 0 aromatic heterocycles. The molecule has 2 N–H and O–H groups in total. The first-order valence-electron chi connectivity index (χ1n) is 7.66. The van der Waals surface area contributed by atoms with Gasteiger partial charge >= 0.3 is 0 Å². The number of nitrogens with zero attached hydrogens (tertiary/aromatic N) is 2. The van der Waals surface area contributed by atoms with Gasteiger partial charge in [0.05, 0.1) is 12.1 Å². The fraction of sp³-hybridized carbons (Fsp3) is 0.588. The summed E-state index contributed by atoms with van der Waals surface area (Å²) in [7, 11) is 1.62. The van der Waals surface area contributed by atoms with E-state index in [1.807, 2.05) is 18.2 Å². The van der Waals surface area contributed by atoms with Gasteiger partial charge in [-0.1, -0.05) is 30.3 Å². The number of likely N-dealkylation sites (tertiary alicyclic amines) is 1. The second-order valence-electron chi connectivity index (χ2n) is 6.89. The average Bonchev–Trinajstić information content (AvgIpc) is 2.79. The summed E-state index contributed by atoms with van der Waals surface area (Å²) in [5.41, 5.74) is -1.11. The molecule has 1 atom stereocenters. The fourth-order valence-electron chi connectivity index (χ4n) is 3.03. The molecule has 1 aromatic carbocycles. The van der Waals surface area contributed by atoms with Crippen molar-refractivity contribution in [1.82, 2.24) is 9.80 Å². The zero-order valence-electron chi connectivity index (χ0n) is 13.6. The lowest BCUT2D eigenvalue weighted by Crippen LogP contribution is -2.51. The SMILES string of the molecule is CN(C[C@@]1(O)CCN(Cc2ccccc2)C1)C(=O)C(C)(C)O. The van der Waals surface area contributed by atoms with Crippen LogP contribution >= 0.6 is 0 Å². The fourth-order valence-corrected chi connectivity index (χ4v) is 3.03. The normalized spacial score (nSPS) is 22.8. The molecule has 0 radical (unpaired) electrons. The summed E-state index contributed by atoms with van der Waals surface area (Å²) < 4.78 is 0. The van der Waals surface area contributed by atoms with Gasteiger partial charge in [-0.2, -0.15) is 0 Å². The third kappa shape index (κ3) is 4.29. The maximum absolute atomic E-state index is 12.0. The Labute approximate surface area is 132 Å². The molecule has 0 saturated carbocycles. The van der Waals surface area contributed by atoms with Crippen LogP contribution in [0.2, 0.25) is 0 Å². The van der Waals surface area contributed by atoms with E-state index < -0.39 is 11.2 Å². The molecule has 1 fully saturated rings. The third-order valence-corrected chi connectivity index (χ3v) is 4.06. The molecule has 0 aliphatic carbocycles. The highest BCUT2D eigenvalue weighted by molar-refractivity contribution is 5.83. The van der Waals surface area contributed by atoms with Crippen LogP contribution in [0.15, 0.2) is 30.3 Å². The van der Waals surface area contributed by atoms with Crippen LogP contribution in [0.4, 0.5) is 0 Å². The smallest absolute Gasteiger partial charge is 0.253 e. The number of rotatable bonds is 5. The van der Waals surface area contributed by atoms with Gasteiger partial charge in [0.2, 0.25) is 0 Å². The molecule has 2 rings (SSSR count). The summed E-state index contributed by atoms with van der Waals surface area (Å²) in [6.45, 7) is 5.30. The lowest BCUT2D eigenvalue weighted by molar-refractivity contribution is -0.149. The van der Waals surface area contributed by atoms with Crippen LogP contribution in [-0.2, 0) is 11.3 Å². The summed E-state index contributed by atoms with van der Waals surface area (Å²) in [6, 6.07) is 10.1. The number of carbonyl (C=O) groups is 1. The van der Waals surface area contributed by atoms with Crippen molar-refractivity contribution in [3.63, 3.8) is 0 Å². The van der Waals surface area contributed by atoms with Crippen molar-refractivity contribution in [1.29, 1.82) is 0 Å². The Bertz CT molecular complexity index is 512. The van der Waals surface area contributed by atoms with Gasteiger partial charge in [0, 0.05) is 26.7 Å². The zero-order valence-corrected chi connectivity index (χ0v) is 13.6. The number of likely N-dealkylation sites (N-methyl/N-ethyl adjacent to an activating group) is 1. The first-order chi connectivity index (χ1) is 10.2. The Balaban J connectivity index is 1.92. The second-order valence-corrected chi connectivity index (χ2v) is 6.89.